The van der Waals surface area contributed by atoms with Crippen LogP contribution in [0.25, 0.3) is 10.9 Å². The van der Waals surface area contributed by atoms with Gasteiger partial charge in [0.1, 0.15) is 5.69 Å². The molecule has 1 aromatic heterocycles. The first-order valence-corrected chi connectivity index (χ1v) is 11.9. The van der Waals surface area contributed by atoms with E-state index >= 15 is 4.39 Å². The number of hydrogen-bond donors (Lipinski definition) is 1. The van der Waals surface area contributed by atoms with E-state index in [0.29, 0.717) is 42.2 Å². The van der Waals surface area contributed by atoms with Crippen LogP contribution in [0.3, 0.4) is 0 Å². The fourth-order valence-electron chi connectivity index (χ4n) is 4.77. The van der Waals surface area contributed by atoms with Crippen LogP contribution in [-0.4, -0.2) is 54.7 Å². The maximum Gasteiger partial charge on any atom is 0.226 e. The molecule has 0 amide bonds. The summed E-state index contributed by atoms with van der Waals surface area (Å²) in [5.74, 6) is -2.17. The second-order valence-electron chi connectivity index (χ2n) is 9.35. The van der Waals surface area contributed by atoms with Gasteiger partial charge in [0.25, 0.3) is 0 Å². The van der Waals surface area contributed by atoms with E-state index in [-0.39, 0.29) is 23.0 Å². The normalized spacial score (nSPS) is 20.4. The van der Waals surface area contributed by atoms with Crippen molar-refractivity contribution < 1.29 is 23.5 Å². The van der Waals surface area contributed by atoms with Crippen LogP contribution in [0.4, 0.5) is 10.1 Å². The van der Waals surface area contributed by atoms with Gasteiger partial charge in [-0.25, -0.2) is 4.39 Å². The molecule has 0 spiro atoms. The second kappa shape index (κ2) is 9.31. The largest absolute Gasteiger partial charge is 0.492 e. The lowest BCUT2D eigenvalue weighted by Gasteiger charge is -2.35. The maximum absolute atomic E-state index is 15.5. The molecule has 1 unspecified atom stereocenters. The summed E-state index contributed by atoms with van der Waals surface area (Å²) in [4.78, 5) is 51.3. The zero-order valence-electron chi connectivity index (χ0n) is 20.0. The number of hydrogen-bond acceptors (Lipinski definition) is 7. The SMILES string of the molecule is COc1c(N2CCNC(C)C2)c(F)cc2c(=O)c(C(=O)C=CC3=CC(=O)C(=O)C=C3)cn(C3CC3)c12. The minimum Gasteiger partial charge on any atom is -0.492 e. The third kappa shape index (κ3) is 4.30. The summed E-state index contributed by atoms with van der Waals surface area (Å²) < 4.78 is 23.1. The first kappa shape index (κ1) is 23.9. The number of carbonyl (C=O) groups excluding carboxylic acids is 3. The van der Waals surface area contributed by atoms with Crippen LogP contribution in [0.5, 0.6) is 5.75 Å². The van der Waals surface area contributed by atoms with E-state index in [9.17, 15) is 19.2 Å². The smallest absolute Gasteiger partial charge is 0.226 e. The average Bonchev–Trinajstić information content (AvgIpc) is 3.70. The molecule has 2 fully saturated rings. The summed E-state index contributed by atoms with van der Waals surface area (Å²) >= 11 is 0. The second-order valence-corrected chi connectivity index (χ2v) is 9.35. The molecular weight excluding hydrogens is 465 g/mol. The number of aromatic nitrogens is 1. The van der Waals surface area contributed by atoms with Crippen molar-refractivity contribution in [1.29, 1.82) is 0 Å². The van der Waals surface area contributed by atoms with E-state index in [1.54, 1.807) is 0 Å². The molecule has 0 radical (unpaired) electrons. The highest BCUT2D eigenvalue weighted by Gasteiger charge is 2.32. The Morgan fingerprint density at radius 3 is 2.64 bits per heavy atom. The molecule has 5 rings (SSSR count). The molecule has 1 saturated heterocycles. The van der Waals surface area contributed by atoms with Gasteiger partial charge in [-0.15, -0.1) is 0 Å². The van der Waals surface area contributed by atoms with Crippen molar-refractivity contribution in [3.63, 3.8) is 0 Å². The lowest BCUT2D eigenvalue weighted by Crippen LogP contribution is -2.49. The van der Waals surface area contributed by atoms with E-state index in [4.69, 9.17) is 4.74 Å². The van der Waals surface area contributed by atoms with Gasteiger partial charge in [-0.05, 0) is 49.6 Å². The minimum atomic E-state index is -0.677. The third-order valence-corrected chi connectivity index (χ3v) is 6.69. The van der Waals surface area contributed by atoms with Crippen molar-refractivity contribution in [2.75, 3.05) is 31.6 Å². The van der Waals surface area contributed by atoms with Crippen LogP contribution in [0, 0.1) is 5.82 Å². The van der Waals surface area contributed by atoms with Crippen molar-refractivity contribution in [2.24, 2.45) is 0 Å². The van der Waals surface area contributed by atoms with Crippen LogP contribution in [0.1, 0.15) is 36.2 Å². The first-order valence-electron chi connectivity index (χ1n) is 11.9. The summed E-state index contributed by atoms with van der Waals surface area (Å²) in [6.45, 7) is 3.90. The fraction of sp³-hybridized carbons (Fsp3) is 0.333. The molecule has 1 aliphatic heterocycles. The molecule has 1 N–H and O–H groups in total. The lowest BCUT2D eigenvalue weighted by molar-refractivity contribution is -0.131. The summed E-state index contributed by atoms with van der Waals surface area (Å²) in [7, 11) is 1.46. The molecule has 8 nitrogen and oxygen atoms in total. The van der Waals surface area contributed by atoms with Gasteiger partial charge >= 0.3 is 0 Å². The average molecular weight is 492 g/mol. The van der Waals surface area contributed by atoms with Gasteiger partial charge in [0, 0.05) is 37.9 Å². The quantitative estimate of drug-likeness (QED) is 0.287. The Hall–Kier alpha value is -3.85. The number of pyridine rings is 1. The number of ketones is 3. The molecule has 0 bridgehead atoms. The number of halogens is 1. The van der Waals surface area contributed by atoms with Gasteiger partial charge in [-0.3, -0.25) is 19.2 Å². The first-order chi connectivity index (χ1) is 17.3. The van der Waals surface area contributed by atoms with Crippen LogP contribution < -0.4 is 20.4 Å². The number of fused-ring (bicyclic) bond motifs is 1. The highest BCUT2D eigenvalue weighted by molar-refractivity contribution is 6.46. The Morgan fingerprint density at radius 1 is 1.19 bits per heavy atom. The van der Waals surface area contributed by atoms with Crippen molar-refractivity contribution in [1.82, 2.24) is 9.88 Å². The van der Waals surface area contributed by atoms with Crippen LogP contribution >= 0.6 is 0 Å². The van der Waals surface area contributed by atoms with Gasteiger partial charge in [0.15, 0.2) is 17.3 Å². The van der Waals surface area contributed by atoms with E-state index in [1.807, 2.05) is 16.4 Å². The molecule has 1 saturated carbocycles. The topological polar surface area (TPSA) is 97.7 Å². The van der Waals surface area contributed by atoms with Crippen LogP contribution in [0.2, 0.25) is 0 Å². The molecular formula is C27H26FN3O5. The molecule has 36 heavy (non-hydrogen) atoms. The highest BCUT2D eigenvalue weighted by atomic mass is 19.1. The number of rotatable bonds is 6. The zero-order chi connectivity index (χ0) is 25.6. The number of anilines is 1. The Morgan fingerprint density at radius 2 is 1.97 bits per heavy atom. The van der Waals surface area contributed by atoms with Gasteiger partial charge in [0.2, 0.25) is 17.0 Å². The van der Waals surface area contributed by atoms with E-state index in [0.717, 1.165) is 25.0 Å². The monoisotopic (exact) mass is 491 g/mol. The molecule has 1 atom stereocenters. The van der Waals surface area contributed by atoms with Gasteiger partial charge in [-0.2, -0.15) is 0 Å². The van der Waals surface area contributed by atoms with E-state index in [1.165, 1.54) is 37.6 Å². The number of nitrogens with one attached hydrogen (secondary N) is 1. The summed E-state index contributed by atoms with van der Waals surface area (Å²) in [5, 5.41) is 3.42. The van der Waals surface area contributed by atoms with Crippen LogP contribution in [-0.2, 0) is 9.59 Å². The molecule has 9 heteroatoms. The fourth-order valence-corrected chi connectivity index (χ4v) is 4.77. The van der Waals surface area contributed by atoms with Crippen molar-refractivity contribution in [2.45, 2.75) is 31.8 Å². The number of methoxy groups -OCH3 is 1. The van der Waals surface area contributed by atoms with Gasteiger partial charge in [0.05, 0.1) is 23.6 Å². The van der Waals surface area contributed by atoms with Crippen molar-refractivity contribution >= 4 is 33.9 Å². The highest BCUT2D eigenvalue weighted by Crippen LogP contribution is 2.43. The predicted molar refractivity (Wildman–Crippen MR) is 133 cm³/mol. The minimum absolute atomic E-state index is 0.0745. The number of benzene rings is 1. The van der Waals surface area contributed by atoms with Crippen molar-refractivity contribution in [3.05, 3.63) is 69.8 Å². The standard InChI is InChI=1S/C27H26FN3O5/c1-15-13-30(10-9-29-15)25-20(28)12-18-24(27(25)36-2)31(17-5-6-17)14-19(26(18)35)21(32)7-3-16-4-8-22(33)23(34)11-16/h3-4,7-8,11-12,14-15,17,29H,5-6,9-10,13H2,1-2H3. The van der Waals surface area contributed by atoms with Gasteiger partial charge < -0.3 is 19.5 Å². The number of piperazine rings is 1. The summed E-state index contributed by atoms with van der Waals surface area (Å²) in [6, 6.07) is 1.45. The number of allylic oxidation sites excluding steroid dienone is 6. The molecule has 2 aliphatic carbocycles. The molecule has 1 aromatic carbocycles. The lowest BCUT2D eigenvalue weighted by atomic mass is 10.0. The maximum atomic E-state index is 15.5. The predicted octanol–water partition coefficient (Wildman–Crippen LogP) is 2.66. The Kier molecular flexibility index (Phi) is 6.17. The number of carbonyl (C=O) groups is 3. The number of nitrogens with zero attached hydrogens (tertiary/aromatic N) is 2. The molecule has 186 valence electrons. The Bertz CT molecular complexity index is 1450. The Balaban J connectivity index is 1.62. The summed E-state index contributed by atoms with van der Waals surface area (Å²) in [5.41, 5.74) is 0.488. The van der Waals surface area contributed by atoms with Gasteiger partial charge in [-0.1, -0.05) is 12.2 Å². The molecule has 2 aromatic rings. The Labute approximate surface area is 206 Å². The summed E-state index contributed by atoms with van der Waals surface area (Å²) in [6.07, 6.45) is 9.52. The number of ether oxygens (including phenoxy) is 1. The van der Waals surface area contributed by atoms with E-state index < -0.39 is 28.6 Å². The molecule has 3 aliphatic rings. The third-order valence-electron chi connectivity index (χ3n) is 6.69. The zero-order valence-corrected chi connectivity index (χ0v) is 20.0. The van der Waals surface area contributed by atoms with Crippen molar-refractivity contribution in [3.8, 4) is 5.75 Å². The van der Waals surface area contributed by atoms with E-state index in [2.05, 4.69) is 5.32 Å². The van der Waals surface area contributed by atoms with Crippen LogP contribution in [0.15, 0.2) is 53.0 Å². The molecule has 2 heterocycles.